The van der Waals surface area contributed by atoms with Crippen molar-refractivity contribution in [3.05, 3.63) is 46.4 Å². The monoisotopic (exact) mass is 295 g/mol. The van der Waals surface area contributed by atoms with E-state index in [1.165, 1.54) is 0 Å². The fraction of sp³-hybridized carbons (Fsp3) is 0.167. The van der Waals surface area contributed by atoms with Crippen LogP contribution in [0.3, 0.4) is 0 Å². The van der Waals surface area contributed by atoms with Crippen molar-refractivity contribution in [3.8, 4) is 0 Å². The van der Waals surface area contributed by atoms with E-state index in [1.807, 2.05) is 31.2 Å². The fourth-order valence-electron chi connectivity index (χ4n) is 1.83. The second kappa shape index (κ2) is 6.53. The summed E-state index contributed by atoms with van der Waals surface area (Å²) in [5, 5.41) is 10.5. The molecule has 0 fully saturated rings. The van der Waals surface area contributed by atoms with Gasteiger partial charge in [-0.3, -0.25) is 4.79 Å². The lowest BCUT2D eigenvalue weighted by molar-refractivity contribution is -0.432. The molecule has 0 amide bonds. The molecule has 0 saturated carbocycles. The summed E-state index contributed by atoms with van der Waals surface area (Å²) in [4.78, 5) is 19.2. The van der Waals surface area contributed by atoms with Gasteiger partial charge >= 0.3 is 0 Å². The number of rotatable bonds is 2. The maximum absolute atomic E-state index is 11.8. The highest BCUT2D eigenvalue weighted by Gasteiger charge is 2.06. The SMILES string of the molecule is CSOOO.Cc1cc(=O)n2c(nc3ccccc32)[nH]1. The van der Waals surface area contributed by atoms with E-state index >= 15 is 0 Å². The molecule has 7 nitrogen and oxygen atoms in total. The molecular weight excluding hydrogens is 282 g/mol. The van der Waals surface area contributed by atoms with Crippen molar-refractivity contribution in [2.75, 3.05) is 6.26 Å². The number of para-hydroxylation sites is 2. The van der Waals surface area contributed by atoms with Crippen molar-refractivity contribution in [3.63, 3.8) is 0 Å². The van der Waals surface area contributed by atoms with Gasteiger partial charge in [0.1, 0.15) is 0 Å². The van der Waals surface area contributed by atoms with Crippen LogP contribution in [0.25, 0.3) is 16.8 Å². The van der Waals surface area contributed by atoms with Crippen LogP contribution in [0.15, 0.2) is 35.1 Å². The predicted octanol–water partition coefficient (Wildman–Crippen LogP) is 2.17. The van der Waals surface area contributed by atoms with Gasteiger partial charge in [0.2, 0.25) is 5.78 Å². The zero-order chi connectivity index (χ0) is 14.5. The average Bonchev–Trinajstić information content (AvgIpc) is 2.78. The van der Waals surface area contributed by atoms with Crippen LogP contribution < -0.4 is 5.56 Å². The molecule has 20 heavy (non-hydrogen) atoms. The summed E-state index contributed by atoms with van der Waals surface area (Å²) in [6.07, 6.45) is 1.62. The van der Waals surface area contributed by atoms with Gasteiger partial charge in [0.15, 0.2) is 0 Å². The topological polar surface area (TPSA) is 88.8 Å². The predicted molar refractivity (Wildman–Crippen MR) is 76.4 cm³/mol. The molecule has 0 saturated heterocycles. The molecule has 0 aliphatic carbocycles. The number of benzene rings is 1. The van der Waals surface area contributed by atoms with Crippen LogP contribution in [0.2, 0.25) is 0 Å². The Hall–Kier alpha value is -1.87. The number of fused-ring (bicyclic) bond motifs is 3. The minimum Gasteiger partial charge on any atom is -0.329 e. The van der Waals surface area contributed by atoms with Crippen LogP contribution in [-0.2, 0) is 9.37 Å². The summed E-state index contributed by atoms with van der Waals surface area (Å²) in [6.45, 7) is 1.85. The highest BCUT2D eigenvalue weighted by Crippen LogP contribution is 2.12. The summed E-state index contributed by atoms with van der Waals surface area (Å²) >= 11 is 0.929. The number of aromatic amines is 1. The quantitative estimate of drug-likeness (QED) is 0.428. The molecule has 0 unspecified atom stereocenters. The van der Waals surface area contributed by atoms with Crippen LogP contribution in [0.5, 0.6) is 0 Å². The highest BCUT2D eigenvalue weighted by atomic mass is 32.2. The molecule has 2 heterocycles. The second-order valence-electron chi connectivity index (χ2n) is 3.86. The minimum absolute atomic E-state index is 0.0463. The van der Waals surface area contributed by atoms with E-state index in [2.05, 4.69) is 19.3 Å². The van der Waals surface area contributed by atoms with E-state index in [4.69, 9.17) is 5.26 Å². The van der Waals surface area contributed by atoms with Crippen molar-refractivity contribution in [1.82, 2.24) is 14.4 Å². The number of imidazole rings is 1. The van der Waals surface area contributed by atoms with Crippen molar-refractivity contribution >= 4 is 28.9 Å². The molecule has 0 aliphatic rings. The normalized spacial score (nSPS) is 10.6. The molecule has 3 aromatic rings. The Labute approximate surface area is 118 Å². The summed E-state index contributed by atoms with van der Waals surface area (Å²) in [6, 6.07) is 9.16. The lowest BCUT2D eigenvalue weighted by atomic mass is 10.3. The van der Waals surface area contributed by atoms with E-state index < -0.39 is 0 Å². The van der Waals surface area contributed by atoms with Crippen LogP contribution in [0.4, 0.5) is 0 Å². The Balaban J connectivity index is 0.000000257. The van der Waals surface area contributed by atoms with E-state index in [1.54, 1.807) is 16.7 Å². The van der Waals surface area contributed by atoms with Gasteiger partial charge in [0.05, 0.1) is 11.0 Å². The third-order valence-corrected chi connectivity index (χ3v) is 2.73. The molecule has 8 heteroatoms. The Morgan fingerprint density at radius 2 is 2.15 bits per heavy atom. The first-order valence-electron chi connectivity index (χ1n) is 5.65. The van der Waals surface area contributed by atoms with Crippen LogP contribution in [0, 0.1) is 6.92 Å². The van der Waals surface area contributed by atoms with Gasteiger partial charge in [-0.2, -0.15) is 0 Å². The summed E-state index contributed by atoms with van der Waals surface area (Å²) < 4.78 is 5.39. The first-order chi connectivity index (χ1) is 9.67. The fourth-order valence-corrected chi connectivity index (χ4v) is 1.89. The van der Waals surface area contributed by atoms with Crippen molar-refractivity contribution in [2.24, 2.45) is 0 Å². The molecule has 2 N–H and O–H groups in total. The first-order valence-corrected chi connectivity index (χ1v) is 6.80. The van der Waals surface area contributed by atoms with E-state index in [9.17, 15) is 4.79 Å². The number of hydrogen-bond donors (Lipinski definition) is 2. The Kier molecular flexibility index (Phi) is 4.74. The molecule has 1 aromatic carbocycles. The van der Waals surface area contributed by atoms with E-state index in [-0.39, 0.29) is 5.56 Å². The first kappa shape index (κ1) is 14.5. The zero-order valence-corrected chi connectivity index (χ0v) is 11.7. The maximum Gasteiger partial charge on any atom is 0.259 e. The lowest BCUT2D eigenvalue weighted by Crippen LogP contribution is -2.12. The van der Waals surface area contributed by atoms with Crippen LogP contribution >= 0.6 is 12.0 Å². The number of aromatic nitrogens is 3. The number of nitrogens with zero attached hydrogens (tertiary/aromatic N) is 2. The Morgan fingerprint density at radius 3 is 2.80 bits per heavy atom. The zero-order valence-electron chi connectivity index (χ0n) is 10.9. The summed E-state index contributed by atoms with van der Waals surface area (Å²) in [7, 11) is 0. The third kappa shape index (κ3) is 2.99. The van der Waals surface area contributed by atoms with Gasteiger partial charge in [0, 0.05) is 30.1 Å². The summed E-state index contributed by atoms with van der Waals surface area (Å²) in [5.41, 5.74) is 2.45. The maximum atomic E-state index is 11.8. The highest BCUT2D eigenvalue weighted by molar-refractivity contribution is 7.93. The molecule has 0 bridgehead atoms. The molecule has 2 aromatic heterocycles. The molecule has 0 atom stereocenters. The van der Waals surface area contributed by atoms with Crippen LogP contribution in [-0.4, -0.2) is 25.9 Å². The minimum atomic E-state index is -0.0463. The Morgan fingerprint density at radius 1 is 1.40 bits per heavy atom. The van der Waals surface area contributed by atoms with Gasteiger partial charge in [-0.15, -0.1) is 4.33 Å². The number of H-pyrrole nitrogens is 1. The average molecular weight is 295 g/mol. The van der Waals surface area contributed by atoms with Gasteiger partial charge in [-0.1, -0.05) is 17.2 Å². The van der Waals surface area contributed by atoms with Gasteiger partial charge in [0.25, 0.3) is 5.56 Å². The smallest absolute Gasteiger partial charge is 0.259 e. The summed E-state index contributed by atoms with van der Waals surface area (Å²) in [5.74, 6) is 0.598. The molecule has 0 aliphatic heterocycles. The van der Waals surface area contributed by atoms with Crippen molar-refractivity contribution < 1.29 is 14.6 Å². The molecule has 0 spiro atoms. The van der Waals surface area contributed by atoms with E-state index in [0.29, 0.717) is 5.78 Å². The van der Waals surface area contributed by atoms with Crippen molar-refractivity contribution in [2.45, 2.75) is 6.92 Å². The standard InChI is InChI=1S/C11H9N3O.CH4O3S/c1-7-6-10(15)14-9-5-3-2-4-8(9)13-11(14)12-7;1-5-4-3-2/h2-6H,1H3,(H,12,13);2H,1H3. The van der Waals surface area contributed by atoms with Crippen molar-refractivity contribution in [1.29, 1.82) is 0 Å². The van der Waals surface area contributed by atoms with Gasteiger partial charge in [-0.05, 0) is 19.1 Å². The third-order valence-electron chi connectivity index (χ3n) is 2.53. The van der Waals surface area contributed by atoms with E-state index in [0.717, 1.165) is 28.8 Å². The molecular formula is C12H13N3O4S. The number of nitrogens with one attached hydrogen (secondary N) is 1. The van der Waals surface area contributed by atoms with Gasteiger partial charge in [-0.25, -0.2) is 14.6 Å². The number of aryl methyl sites for hydroxylation is 1. The van der Waals surface area contributed by atoms with Gasteiger partial charge < -0.3 is 4.98 Å². The molecule has 0 radical (unpaired) electrons. The molecule has 106 valence electrons. The van der Waals surface area contributed by atoms with Crippen LogP contribution in [0.1, 0.15) is 5.69 Å². The lowest BCUT2D eigenvalue weighted by Gasteiger charge is -1.95. The second-order valence-corrected chi connectivity index (χ2v) is 4.33. The largest absolute Gasteiger partial charge is 0.329 e. The Bertz CT molecular complexity index is 766. The molecule has 3 rings (SSSR count). The number of hydrogen-bond acceptors (Lipinski definition) is 6.